The number of benzene rings is 1. The molecule has 3 heterocycles. The Morgan fingerprint density at radius 1 is 1.25 bits per heavy atom. The van der Waals surface area contributed by atoms with Gasteiger partial charge in [-0.05, 0) is 31.0 Å². The SMILES string of the molecule is COc1cccc(-c2nn(C)c3sc(C(=O)N4CCCC4)cc23)c1. The van der Waals surface area contributed by atoms with Crippen LogP contribution in [0.1, 0.15) is 22.5 Å². The molecule has 1 aliphatic rings. The number of hydrogen-bond donors (Lipinski definition) is 0. The van der Waals surface area contributed by atoms with E-state index in [2.05, 4.69) is 5.10 Å². The van der Waals surface area contributed by atoms with E-state index >= 15 is 0 Å². The fourth-order valence-electron chi connectivity index (χ4n) is 3.21. The Hall–Kier alpha value is -2.34. The molecule has 0 radical (unpaired) electrons. The highest BCUT2D eigenvalue weighted by atomic mass is 32.1. The Morgan fingerprint density at radius 3 is 2.79 bits per heavy atom. The molecule has 124 valence electrons. The molecule has 4 rings (SSSR count). The molecule has 1 aliphatic heterocycles. The standard InChI is InChI=1S/C18H19N3O2S/c1-20-18-14(11-15(24-18)17(22)21-8-3-4-9-21)16(19-20)12-6-5-7-13(10-12)23-2/h5-7,10-11H,3-4,8-9H2,1-2H3. The molecule has 1 aromatic carbocycles. The summed E-state index contributed by atoms with van der Waals surface area (Å²) < 4.78 is 7.17. The number of nitrogens with zero attached hydrogens (tertiary/aromatic N) is 3. The molecule has 0 unspecified atom stereocenters. The highest BCUT2D eigenvalue weighted by Gasteiger charge is 2.23. The van der Waals surface area contributed by atoms with Crippen LogP contribution in [0.25, 0.3) is 21.5 Å². The largest absolute Gasteiger partial charge is 0.497 e. The Morgan fingerprint density at radius 2 is 2.04 bits per heavy atom. The number of hydrogen-bond acceptors (Lipinski definition) is 4. The summed E-state index contributed by atoms with van der Waals surface area (Å²) in [5.41, 5.74) is 1.89. The molecular formula is C18H19N3O2S. The van der Waals surface area contributed by atoms with Gasteiger partial charge < -0.3 is 9.64 Å². The predicted octanol–water partition coefficient (Wildman–Crippen LogP) is 3.55. The first-order valence-electron chi connectivity index (χ1n) is 8.07. The molecule has 0 atom stereocenters. The van der Waals surface area contributed by atoms with Crippen LogP contribution in [0.2, 0.25) is 0 Å². The van der Waals surface area contributed by atoms with Gasteiger partial charge in [-0.3, -0.25) is 9.48 Å². The van der Waals surface area contributed by atoms with Crippen LogP contribution in [0.15, 0.2) is 30.3 Å². The molecule has 0 bridgehead atoms. The molecule has 24 heavy (non-hydrogen) atoms. The lowest BCUT2D eigenvalue weighted by Crippen LogP contribution is -2.26. The van der Waals surface area contributed by atoms with Crippen molar-refractivity contribution in [1.29, 1.82) is 0 Å². The van der Waals surface area contributed by atoms with E-state index in [0.29, 0.717) is 0 Å². The average Bonchev–Trinajstić information content (AvgIpc) is 3.32. The highest BCUT2D eigenvalue weighted by Crippen LogP contribution is 2.35. The van der Waals surface area contributed by atoms with Gasteiger partial charge in [0.25, 0.3) is 5.91 Å². The minimum Gasteiger partial charge on any atom is -0.497 e. The van der Waals surface area contributed by atoms with Gasteiger partial charge in [0.1, 0.15) is 16.3 Å². The van der Waals surface area contributed by atoms with Crippen molar-refractivity contribution in [1.82, 2.24) is 14.7 Å². The molecule has 5 nitrogen and oxygen atoms in total. The zero-order chi connectivity index (χ0) is 16.7. The van der Waals surface area contributed by atoms with Gasteiger partial charge in [-0.1, -0.05) is 12.1 Å². The molecule has 2 aromatic heterocycles. The second-order valence-electron chi connectivity index (χ2n) is 6.03. The second kappa shape index (κ2) is 5.94. The highest BCUT2D eigenvalue weighted by molar-refractivity contribution is 7.20. The Bertz CT molecular complexity index is 906. The van der Waals surface area contributed by atoms with Crippen molar-refractivity contribution in [3.05, 3.63) is 35.2 Å². The van der Waals surface area contributed by atoms with E-state index in [1.807, 2.05) is 47.0 Å². The molecule has 0 spiro atoms. The number of fused-ring (bicyclic) bond motifs is 1. The number of likely N-dealkylation sites (tertiary alicyclic amines) is 1. The number of aromatic nitrogens is 2. The van der Waals surface area contributed by atoms with E-state index in [-0.39, 0.29) is 5.91 Å². The van der Waals surface area contributed by atoms with Gasteiger partial charge in [-0.15, -0.1) is 11.3 Å². The summed E-state index contributed by atoms with van der Waals surface area (Å²) in [6.07, 6.45) is 2.21. The minimum absolute atomic E-state index is 0.144. The van der Waals surface area contributed by atoms with Crippen LogP contribution in [0.4, 0.5) is 0 Å². The summed E-state index contributed by atoms with van der Waals surface area (Å²) in [4.78, 5) is 16.4. The number of aryl methyl sites for hydroxylation is 1. The van der Waals surface area contributed by atoms with Crippen LogP contribution in [-0.2, 0) is 7.05 Å². The minimum atomic E-state index is 0.144. The van der Waals surface area contributed by atoms with Crippen LogP contribution in [0.3, 0.4) is 0 Å². The van der Waals surface area contributed by atoms with Crippen LogP contribution in [0, 0.1) is 0 Å². The lowest BCUT2D eigenvalue weighted by molar-refractivity contribution is 0.0797. The molecular weight excluding hydrogens is 322 g/mol. The van der Waals surface area contributed by atoms with Crippen LogP contribution in [0.5, 0.6) is 5.75 Å². The van der Waals surface area contributed by atoms with Crippen LogP contribution >= 0.6 is 11.3 Å². The predicted molar refractivity (Wildman–Crippen MR) is 95.7 cm³/mol. The summed E-state index contributed by atoms with van der Waals surface area (Å²) in [6.45, 7) is 1.74. The maximum atomic E-state index is 12.7. The van der Waals surface area contributed by atoms with Gasteiger partial charge >= 0.3 is 0 Å². The summed E-state index contributed by atoms with van der Waals surface area (Å²) in [7, 11) is 3.58. The molecule has 3 aromatic rings. The lowest BCUT2D eigenvalue weighted by atomic mass is 10.1. The molecule has 6 heteroatoms. The first-order valence-corrected chi connectivity index (χ1v) is 8.89. The van der Waals surface area contributed by atoms with Gasteiger partial charge in [0.15, 0.2) is 0 Å². The third kappa shape index (κ3) is 2.47. The number of methoxy groups -OCH3 is 1. The van der Waals surface area contributed by atoms with Crippen LogP contribution in [-0.4, -0.2) is 40.8 Å². The Labute approximate surface area is 144 Å². The fourth-order valence-corrected chi connectivity index (χ4v) is 4.25. The quantitative estimate of drug-likeness (QED) is 0.732. The number of carbonyl (C=O) groups excluding carboxylic acids is 1. The molecule has 0 saturated carbocycles. The van der Waals surface area contributed by atoms with Crippen molar-refractivity contribution in [2.45, 2.75) is 12.8 Å². The van der Waals surface area contributed by atoms with E-state index in [9.17, 15) is 4.79 Å². The first kappa shape index (κ1) is 15.2. The lowest BCUT2D eigenvalue weighted by Gasteiger charge is -2.13. The van der Waals surface area contributed by atoms with E-state index in [1.165, 1.54) is 11.3 Å². The summed E-state index contributed by atoms with van der Waals surface area (Å²) in [5.74, 6) is 0.945. The number of amides is 1. The Balaban J connectivity index is 1.78. The van der Waals surface area contributed by atoms with Crippen molar-refractivity contribution >= 4 is 27.5 Å². The van der Waals surface area contributed by atoms with Gasteiger partial charge in [0, 0.05) is 31.1 Å². The van der Waals surface area contributed by atoms with Crippen molar-refractivity contribution in [3.63, 3.8) is 0 Å². The summed E-state index contributed by atoms with van der Waals surface area (Å²) in [6, 6.07) is 9.85. The van der Waals surface area contributed by atoms with Crippen molar-refractivity contribution in [3.8, 4) is 17.0 Å². The molecule has 1 saturated heterocycles. The van der Waals surface area contributed by atoms with Crippen molar-refractivity contribution in [2.24, 2.45) is 7.05 Å². The zero-order valence-electron chi connectivity index (χ0n) is 13.8. The van der Waals surface area contributed by atoms with E-state index in [4.69, 9.17) is 4.74 Å². The Kier molecular flexibility index (Phi) is 3.76. The monoisotopic (exact) mass is 341 g/mol. The summed E-state index contributed by atoms with van der Waals surface area (Å²) in [5, 5.41) is 5.67. The molecule has 1 fully saturated rings. The van der Waals surface area contributed by atoms with E-state index in [1.54, 1.807) is 7.11 Å². The van der Waals surface area contributed by atoms with E-state index in [0.717, 1.165) is 58.0 Å². The zero-order valence-corrected chi connectivity index (χ0v) is 14.6. The molecule has 0 N–H and O–H groups in total. The molecule has 1 amide bonds. The van der Waals surface area contributed by atoms with Crippen LogP contribution < -0.4 is 4.74 Å². The van der Waals surface area contributed by atoms with Gasteiger partial charge in [-0.2, -0.15) is 5.10 Å². The number of thiophene rings is 1. The van der Waals surface area contributed by atoms with Crippen molar-refractivity contribution < 1.29 is 9.53 Å². The third-order valence-electron chi connectivity index (χ3n) is 4.46. The molecule has 0 aliphatic carbocycles. The van der Waals surface area contributed by atoms with Crippen molar-refractivity contribution in [2.75, 3.05) is 20.2 Å². The topological polar surface area (TPSA) is 47.4 Å². The third-order valence-corrected chi connectivity index (χ3v) is 5.65. The smallest absolute Gasteiger partial charge is 0.264 e. The maximum Gasteiger partial charge on any atom is 0.264 e. The average molecular weight is 341 g/mol. The number of rotatable bonds is 3. The first-order chi connectivity index (χ1) is 11.7. The van der Waals surface area contributed by atoms with E-state index < -0.39 is 0 Å². The second-order valence-corrected chi connectivity index (χ2v) is 7.06. The number of carbonyl (C=O) groups is 1. The normalized spacial score (nSPS) is 14.5. The fraction of sp³-hybridized carbons (Fsp3) is 0.333. The summed E-state index contributed by atoms with van der Waals surface area (Å²) >= 11 is 1.52. The number of ether oxygens (including phenoxy) is 1. The van der Waals surface area contributed by atoms with Gasteiger partial charge in [0.2, 0.25) is 0 Å². The maximum absolute atomic E-state index is 12.7. The van der Waals surface area contributed by atoms with Gasteiger partial charge in [0.05, 0.1) is 12.0 Å². The van der Waals surface area contributed by atoms with Gasteiger partial charge in [-0.25, -0.2) is 0 Å².